The highest BCUT2D eigenvalue weighted by molar-refractivity contribution is 5.86. The van der Waals surface area contributed by atoms with Crippen LogP contribution in [-0.2, 0) is 29.4 Å². The Morgan fingerprint density at radius 1 is 0.898 bits per heavy atom. The normalized spacial score (nSPS) is 21.6. The summed E-state index contributed by atoms with van der Waals surface area (Å²) >= 11 is 0. The summed E-state index contributed by atoms with van der Waals surface area (Å²) in [7, 11) is 2.90. The third-order valence-electron chi connectivity index (χ3n) is 12.8. The zero-order chi connectivity index (χ0) is 41.6. The second kappa shape index (κ2) is 16.1. The van der Waals surface area contributed by atoms with Gasteiger partial charge in [-0.15, -0.1) is 0 Å². The molecular weight excluding hydrogens is 751 g/mol. The van der Waals surface area contributed by atoms with E-state index in [4.69, 9.17) is 28.9 Å². The van der Waals surface area contributed by atoms with Gasteiger partial charge in [0, 0.05) is 24.2 Å². The summed E-state index contributed by atoms with van der Waals surface area (Å²) in [5, 5.41) is 3.19. The maximum Gasteiger partial charge on any atom is 0.306 e. The Kier molecular flexibility index (Phi) is 10.9. The predicted molar refractivity (Wildman–Crippen MR) is 220 cm³/mol. The van der Waals surface area contributed by atoms with Crippen molar-refractivity contribution in [3.05, 3.63) is 72.9 Å². The highest BCUT2D eigenvalue weighted by atomic mass is 16.7. The van der Waals surface area contributed by atoms with Gasteiger partial charge in [0.15, 0.2) is 17.4 Å². The number of carbonyl (C=O) groups excluding carboxylic acids is 3. The minimum Gasteiger partial charge on any atom is -0.483 e. The molecule has 312 valence electrons. The number of hydrogen-bond donors (Lipinski definition) is 3. The lowest BCUT2D eigenvalue weighted by Crippen LogP contribution is -2.55. The number of ether oxygens (including phenoxy) is 4. The Hall–Kier alpha value is -5.79. The maximum atomic E-state index is 14.1. The molecule has 14 heteroatoms. The Balaban J connectivity index is 1.00. The molecule has 2 aromatic carbocycles. The van der Waals surface area contributed by atoms with Crippen LogP contribution in [0.1, 0.15) is 83.9 Å². The lowest BCUT2D eigenvalue weighted by molar-refractivity contribution is -0.148. The zero-order valence-corrected chi connectivity index (χ0v) is 34.8. The van der Waals surface area contributed by atoms with Crippen molar-refractivity contribution in [3.63, 3.8) is 0 Å². The van der Waals surface area contributed by atoms with Crippen molar-refractivity contribution in [3.8, 4) is 45.1 Å². The van der Waals surface area contributed by atoms with Gasteiger partial charge in [0.2, 0.25) is 18.6 Å². The number of nitrogens with zero attached hydrogens (tertiary/aromatic N) is 4. The van der Waals surface area contributed by atoms with Crippen molar-refractivity contribution in [2.24, 2.45) is 23.7 Å². The van der Waals surface area contributed by atoms with E-state index in [-0.39, 0.29) is 48.9 Å². The largest absolute Gasteiger partial charge is 0.483 e. The molecule has 5 heterocycles. The molecule has 5 atom stereocenters. The van der Waals surface area contributed by atoms with Crippen LogP contribution in [0.2, 0.25) is 0 Å². The van der Waals surface area contributed by atoms with Gasteiger partial charge in [0.05, 0.1) is 56.4 Å². The van der Waals surface area contributed by atoms with Crippen molar-refractivity contribution in [1.82, 2.24) is 35.1 Å². The van der Waals surface area contributed by atoms with Crippen LogP contribution in [0.15, 0.2) is 61.3 Å². The quantitative estimate of drug-likeness (QED) is 0.0900. The number of imidazole rings is 2. The summed E-state index contributed by atoms with van der Waals surface area (Å²) in [5.74, 6) is 2.81. The maximum absolute atomic E-state index is 14.1. The second-order valence-electron chi connectivity index (χ2n) is 17.0. The molecule has 2 aromatic heterocycles. The van der Waals surface area contributed by atoms with Gasteiger partial charge in [-0.05, 0) is 79.7 Å². The number of aromatic nitrogens is 4. The standard InChI is InChI=1S/C45H55N7O7/c1-25(2)33(19-37(53)57-7)42(54)51-18-8-9-36(51)41-46-21-34(49-41)30-12-10-29(11-13-30)31-14-15-32(40-39(31)58-24-59-40)35-22-47-44(50-35)45-17-16-28(20-45)23-52(45)43(55)38(26(3)4)48-27(5)56-6/h10-15,21-22,25-26,28,33,36,38,48H,5,8-9,16-20,23-24H2,1-4,6-7H3,(H,46,49)(H,47,50)/t28?,33-,36-,38-,45?/m0/s1. The van der Waals surface area contributed by atoms with Crippen LogP contribution in [0, 0.1) is 23.7 Å². The molecule has 2 amide bonds. The summed E-state index contributed by atoms with van der Waals surface area (Å²) in [4.78, 5) is 60.5. The number of nitrogens with one attached hydrogen (secondary N) is 3. The first-order chi connectivity index (χ1) is 28.4. The van der Waals surface area contributed by atoms with Gasteiger partial charge in [0.25, 0.3) is 0 Å². The SMILES string of the molecule is C=C(N[C@H](C(=O)N1CC2CCC1(c1ncc(-c3ccc(-c4ccc(-c5cnc([C@@H]6CCCN6C(=O)[C@@H](CC(=O)OC)C(C)C)[nH]5)cc4)c4c3OCO4)[nH]1)C2)C(C)C)OC. The molecule has 4 aromatic rings. The van der Waals surface area contributed by atoms with E-state index in [1.54, 1.807) is 7.11 Å². The molecule has 14 nitrogen and oxygen atoms in total. The van der Waals surface area contributed by atoms with Crippen LogP contribution in [0.25, 0.3) is 33.6 Å². The van der Waals surface area contributed by atoms with Crippen molar-refractivity contribution >= 4 is 17.8 Å². The smallest absolute Gasteiger partial charge is 0.306 e. The zero-order valence-electron chi connectivity index (χ0n) is 34.8. The first-order valence-electron chi connectivity index (χ1n) is 20.7. The molecule has 3 aliphatic heterocycles. The first-order valence-corrected chi connectivity index (χ1v) is 20.7. The van der Waals surface area contributed by atoms with Crippen LogP contribution in [0.5, 0.6) is 11.5 Å². The van der Waals surface area contributed by atoms with Crippen molar-refractivity contribution in [2.45, 2.75) is 83.8 Å². The van der Waals surface area contributed by atoms with Crippen molar-refractivity contribution in [1.29, 1.82) is 0 Å². The minimum atomic E-state index is -0.517. The molecule has 0 spiro atoms. The molecule has 8 rings (SSSR count). The Morgan fingerprint density at radius 3 is 2.31 bits per heavy atom. The van der Waals surface area contributed by atoms with Crippen LogP contribution >= 0.6 is 0 Å². The number of fused-ring (bicyclic) bond motifs is 3. The molecule has 1 aliphatic carbocycles. The highest BCUT2D eigenvalue weighted by Crippen LogP contribution is 2.53. The number of H-pyrrole nitrogens is 2. The van der Waals surface area contributed by atoms with Gasteiger partial charge < -0.3 is 44.0 Å². The molecule has 1 saturated carbocycles. The number of hydrogen-bond acceptors (Lipinski definition) is 10. The van der Waals surface area contributed by atoms with Gasteiger partial charge in [-0.1, -0.05) is 52.0 Å². The second-order valence-corrected chi connectivity index (χ2v) is 17.0. The fourth-order valence-electron chi connectivity index (χ4n) is 9.53. The molecule has 2 unspecified atom stereocenters. The molecule has 0 radical (unpaired) electrons. The molecule has 3 N–H and O–H groups in total. The summed E-state index contributed by atoms with van der Waals surface area (Å²) in [5.41, 5.74) is 4.79. The predicted octanol–water partition coefficient (Wildman–Crippen LogP) is 6.93. The van der Waals surface area contributed by atoms with Gasteiger partial charge in [0.1, 0.15) is 23.2 Å². The van der Waals surface area contributed by atoms with E-state index in [0.717, 1.165) is 77.4 Å². The number of carbonyl (C=O) groups is 3. The molecule has 2 bridgehead atoms. The summed E-state index contributed by atoms with van der Waals surface area (Å²) < 4.78 is 22.3. The third-order valence-corrected chi connectivity index (χ3v) is 12.8. The van der Waals surface area contributed by atoms with E-state index in [1.807, 2.05) is 74.2 Å². The van der Waals surface area contributed by atoms with Crippen molar-refractivity contribution < 1.29 is 33.3 Å². The summed E-state index contributed by atoms with van der Waals surface area (Å²) in [6.45, 7) is 13.3. The van der Waals surface area contributed by atoms with Crippen molar-refractivity contribution in [2.75, 3.05) is 34.1 Å². The Bertz CT molecular complexity index is 2230. The number of likely N-dealkylation sites (tertiary alicyclic amines) is 2. The van der Waals surface area contributed by atoms with Crippen LogP contribution in [0.3, 0.4) is 0 Å². The number of methoxy groups -OCH3 is 2. The van der Waals surface area contributed by atoms with Gasteiger partial charge >= 0.3 is 5.97 Å². The summed E-state index contributed by atoms with van der Waals surface area (Å²) in [6.07, 6.45) is 8.12. The van der Waals surface area contributed by atoms with Gasteiger partial charge in [-0.2, -0.15) is 0 Å². The number of rotatable bonds is 14. The van der Waals surface area contributed by atoms with E-state index in [0.29, 0.717) is 36.4 Å². The molecule has 2 saturated heterocycles. The number of benzene rings is 2. The lowest BCUT2D eigenvalue weighted by Gasteiger charge is -2.40. The fraction of sp³-hybridized carbons (Fsp3) is 0.489. The molecule has 59 heavy (non-hydrogen) atoms. The fourth-order valence-corrected chi connectivity index (χ4v) is 9.53. The Morgan fingerprint density at radius 2 is 1.61 bits per heavy atom. The first kappa shape index (κ1) is 40.0. The lowest BCUT2D eigenvalue weighted by atomic mass is 9.91. The Labute approximate surface area is 345 Å². The highest BCUT2D eigenvalue weighted by Gasteiger charge is 2.56. The summed E-state index contributed by atoms with van der Waals surface area (Å²) in [6, 6.07) is 11.6. The van der Waals surface area contributed by atoms with Gasteiger partial charge in [-0.25, -0.2) is 9.97 Å². The van der Waals surface area contributed by atoms with E-state index < -0.39 is 17.5 Å². The van der Waals surface area contributed by atoms with Crippen LogP contribution in [-0.4, -0.2) is 87.7 Å². The van der Waals surface area contributed by atoms with E-state index in [1.165, 1.54) is 7.11 Å². The van der Waals surface area contributed by atoms with Crippen LogP contribution < -0.4 is 14.8 Å². The number of esters is 1. The van der Waals surface area contributed by atoms with E-state index in [9.17, 15) is 14.4 Å². The van der Waals surface area contributed by atoms with E-state index in [2.05, 4.69) is 34.0 Å². The van der Waals surface area contributed by atoms with E-state index >= 15 is 0 Å². The number of aromatic amines is 2. The average Bonchev–Trinajstić information content (AvgIpc) is 4.10. The molecular formula is C45H55N7O7. The van der Waals surface area contributed by atoms with Gasteiger partial charge in [-0.3, -0.25) is 14.4 Å². The number of piperidine rings is 1. The molecule has 4 aliphatic rings. The topological polar surface area (TPSA) is 164 Å². The minimum absolute atomic E-state index is 0.00283. The number of amides is 2. The van der Waals surface area contributed by atoms with Crippen LogP contribution in [0.4, 0.5) is 0 Å². The monoisotopic (exact) mass is 805 g/mol. The average molecular weight is 806 g/mol. The molecule has 3 fully saturated rings. The third kappa shape index (κ3) is 7.31.